The number of aromatic nitrogens is 3. The Labute approximate surface area is 168 Å². The first-order chi connectivity index (χ1) is 13.7. The zero-order chi connectivity index (χ0) is 19.1. The Morgan fingerprint density at radius 1 is 1.00 bits per heavy atom. The number of anilines is 1. The van der Waals surface area contributed by atoms with Crippen LogP contribution in [0.15, 0.2) is 61.1 Å². The lowest BCUT2D eigenvalue weighted by atomic mass is 9.97. The minimum Gasteiger partial charge on any atom is -0.351 e. The highest BCUT2D eigenvalue weighted by Gasteiger charge is 2.21. The Morgan fingerprint density at radius 3 is 2.79 bits per heavy atom. The quantitative estimate of drug-likeness (QED) is 0.474. The van der Waals surface area contributed by atoms with Crippen molar-refractivity contribution in [1.29, 1.82) is 0 Å². The number of halogens is 1. The highest BCUT2D eigenvalue weighted by Crippen LogP contribution is 2.31. The van der Waals surface area contributed by atoms with E-state index in [1.54, 1.807) is 6.33 Å². The van der Waals surface area contributed by atoms with Crippen LogP contribution in [-0.2, 0) is 13.0 Å². The van der Waals surface area contributed by atoms with Crippen molar-refractivity contribution in [2.45, 2.75) is 19.9 Å². The lowest BCUT2D eigenvalue weighted by molar-refractivity contribution is 0.705. The molecule has 2 aromatic carbocycles. The zero-order valence-corrected chi connectivity index (χ0v) is 16.3. The van der Waals surface area contributed by atoms with Gasteiger partial charge in [-0.1, -0.05) is 35.9 Å². The van der Waals surface area contributed by atoms with Gasteiger partial charge in [0, 0.05) is 47.4 Å². The summed E-state index contributed by atoms with van der Waals surface area (Å²) in [5, 5.41) is 1.69. The first-order valence-electron chi connectivity index (χ1n) is 9.38. The first-order valence-corrected chi connectivity index (χ1v) is 9.76. The highest BCUT2D eigenvalue weighted by atomic mass is 35.5. The monoisotopic (exact) mass is 386 g/mol. The summed E-state index contributed by atoms with van der Waals surface area (Å²) in [4.78, 5) is 16.0. The third-order valence-electron chi connectivity index (χ3n) is 5.37. The third-order valence-corrected chi connectivity index (χ3v) is 5.61. The average Bonchev–Trinajstić information content (AvgIpc) is 2.73. The largest absolute Gasteiger partial charge is 0.351 e. The van der Waals surface area contributed by atoms with Crippen LogP contribution in [0.2, 0.25) is 5.02 Å². The Kier molecular flexibility index (Phi) is 4.21. The van der Waals surface area contributed by atoms with Crippen LogP contribution in [0.3, 0.4) is 0 Å². The van der Waals surface area contributed by atoms with Gasteiger partial charge in [0.25, 0.3) is 0 Å². The van der Waals surface area contributed by atoms with E-state index in [1.807, 2.05) is 24.4 Å². The summed E-state index contributed by atoms with van der Waals surface area (Å²) < 4.78 is 0. The van der Waals surface area contributed by atoms with Crippen LogP contribution in [-0.4, -0.2) is 21.5 Å². The van der Waals surface area contributed by atoms with Crippen molar-refractivity contribution in [2.24, 2.45) is 0 Å². The molecule has 1 aliphatic heterocycles. The number of hydrogen-bond donors (Lipinski definition) is 0. The van der Waals surface area contributed by atoms with Crippen LogP contribution >= 0.6 is 11.6 Å². The molecular formula is C23H19ClN4. The van der Waals surface area contributed by atoms with Crippen LogP contribution < -0.4 is 4.90 Å². The molecule has 3 heterocycles. The van der Waals surface area contributed by atoms with E-state index in [0.717, 1.165) is 41.8 Å². The van der Waals surface area contributed by atoms with Gasteiger partial charge in [0.1, 0.15) is 12.1 Å². The summed E-state index contributed by atoms with van der Waals surface area (Å²) >= 11 is 6.23. The fourth-order valence-electron chi connectivity index (χ4n) is 3.92. The van der Waals surface area contributed by atoms with E-state index < -0.39 is 0 Å². The maximum atomic E-state index is 6.23. The Hall–Kier alpha value is -2.98. The van der Waals surface area contributed by atoms with E-state index in [1.165, 1.54) is 22.4 Å². The molecule has 0 saturated carbocycles. The summed E-state index contributed by atoms with van der Waals surface area (Å²) in [7, 11) is 0. The van der Waals surface area contributed by atoms with Crippen molar-refractivity contribution in [3.8, 4) is 11.1 Å². The molecule has 0 aliphatic carbocycles. The molecule has 28 heavy (non-hydrogen) atoms. The molecule has 0 bridgehead atoms. The van der Waals surface area contributed by atoms with Gasteiger partial charge < -0.3 is 4.90 Å². The minimum absolute atomic E-state index is 0.699. The molecule has 0 atom stereocenters. The second-order valence-electron chi connectivity index (χ2n) is 7.18. The molecular weight excluding hydrogens is 368 g/mol. The van der Waals surface area contributed by atoms with Gasteiger partial charge in [0.15, 0.2) is 0 Å². The molecule has 4 aromatic rings. The van der Waals surface area contributed by atoms with E-state index in [4.69, 9.17) is 16.6 Å². The molecule has 138 valence electrons. The van der Waals surface area contributed by atoms with Gasteiger partial charge in [-0.05, 0) is 47.9 Å². The minimum atomic E-state index is 0.699. The molecule has 0 saturated heterocycles. The second-order valence-corrected chi connectivity index (χ2v) is 7.61. The molecule has 5 rings (SSSR count). The molecule has 5 heteroatoms. The van der Waals surface area contributed by atoms with Crippen LogP contribution in [0.5, 0.6) is 0 Å². The third kappa shape index (κ3) is 3.00. The van der Waals surface area contributed by atoms with Crippen molar-refractivity contribution in [3.05, 3.63) is 82.9 Å². The lowest BCUT2D eigenvalue weighted by Gasteiger charge is -2.30. The molecule has 0 fully saturated rings. The van der Waals surface area contributed by atoms with Gasteiger partial charge in [-0.25, -0.2) is 9.97 Å². The predicted molar refractivity (Wildman–Crippen MR) is 114 cm³/mol. The lowest BCUT2D eigenvalue weighted by Crippen LogP contribution is -2.31. The van der Waals surface area contributed by atoms with Crippen LogP contribution in [0.1, 0.15) is 16.8 Å². The average molecular weight is 387 g/mol. The number of rotatable bonds is 2. The molecule has 0 unspecified atom stereocenters. The molecule has 0 amide bonds. The Bertz CT molecular complexity index is 1190. The topological polar surface area (TPSA) is 41.9 Å². The number of hydrogen-bond acceptors (Lipinski definition) is 4. The van der Waals surface area contributed by atoms with E-state index in [2.05, 4.69) is 52.1 Å². The molecule has 1 aliphatic rings. The van der Waals surface area contributed by atoms with Gasteiger partial charge in [-0.15, -0.1) is 0 Å². The standard InChI is InChI=1S/C23H19ClN4/c1-15-4-2-3-5-19(15)16-10-17-13-28(9-8-21(17)25-12-16)23-20-11-18(24)6-7-22(20)26-14-27-23/h2-7,10-12,14H,8-9,13H2,1H3. The molecule has 2 aromatic heterocycles. The van der Waals surface area contributed by atoms with E-state index >= 15 is 0 Å². The van der Waals surface area contributed by atoms with Gasteiger partial charge >= 0.3 is 0 Å². The van der Waals surface area contributed by atoms with Crippen molar-refractivity contribution in [2.75, 3.05) is 11.4 Å². The summed E-state index contributed by atoms with van der Waals surface area (Å²) in [5.74, 6) is 0.930. The van der Waals surface area contributed by atoms with E-state index in [9.17, 15) is 0 Å². The Balaban J connectivity index is 1.54. The van der Waals surface area contributed by atoms with Gasteiger partial charge in [0.05, 0.1) is 5.52 Å². The first kappa shape index (κ1) is 17.1. The summed E-state index contributed by atoms with van der Waals surface area (Å²) in [6.07, 6.45) is 4.52. The smallest absolute Gasteiger partial charge is 0.140 e. The molecule has 4 nitrogen and oxygen atoms in total. The maximum absolute atomic E-state index is 6.23. The van der Waals surface area contributed by atoms with Crippen LogP contribution in [0, 0.1) is 6.92 Å². The fourth-order valence-corrected chi connectivity index (χ4v) is 4.09. The fraction of sp³-hybridized carbons (Fsp3) is 0.174. The molecule has 0 radical (unpaired) electrons. The van der Waals surface area contributed by atoms with E-state index in [0.29, 0.717) is 5.02 Å². The maximum Gasteiger partial charge on any atom is 0.140 e. The molecule has 0 N–H and O–H groups in total. The molecule has 0 spiro atoms. The Morgan fingerprint density at radius 2 is 1.89 bits per heavy atom. The van der Waals surface area contributed by atoms with Gasteiger partial charge in [0.2, 0.25) is 0 Å². The van der Waals surface area contributed by atoms with Crippen molar-refractivity contribution in [3.63, 3.8) is 0 Å². The van der Waals surface area contributed by atoms with Crippen LogP contribution in [0.25, 0.3) is 22.0 Å². The van der Waals surface area contributed by atoms with Gasteiger partial charge in [-0.3, -0.25) is 4.98 Å². The number of benzene rings is 2. The predicted octanol–water partition coefficient (Wildman–Crippen LogP) is 5.22. The number of nitrogens with zero attached hydrogens (tertiary/aromatic N) is 4. The number of fused-ring (bicyclic) bond motifs is 2. The zero-order valence-electron chi connectivity index (χ0n) is 15.6. The van der Waals surface area contributed by atoms with Crippen molar-refractivity contribution >= 4 is 28.3 Å². The summed E-state index contributed by atoms with van der Waals surface area (Å²) in [5.41, 5.74) is 6.98. The SMILES string of the molecule is Cc1ccccc1-c1cnc2c(c1)CN(c1ncnc3ccc(Cl)cc13)CC2. The van der Waals surface area contributed by atoms with E-state index in [-0.39, 0.29) is 0 Å². The van der Waals surface area contributed by atoms with Crippen molar-refractivity contribution < 1.29 is 0 Å². The number of pyridine rings is 1. The highest BCUT2D eigenvalue weighted by molar-refractivity contribution is 6.31. The van der Waals surface area contributed by atoms with Crippen molar-refractivity contribution in [1.82, 2.24) is 15.0 Å². The van der Waals surface area contributed by atoms with Crippen LogP contribution in [0.4, 0.5) is 5.82 Å². The summed E-state index contributed by atoms with van der Waals surface area (Å²) in [6.45, 7) is 3.79. The van der Waals surface area contributed by atoms with Gasteiger partial charge in [-0.2, -0.15) is 0 Å². The normalized spacial score (nSPS) is 13.6. The number of aryl methyl sites for hydroxylation is 1. The second kappa shape index (κ2) is 6.88. The summed E-state index contributed by atoms with van der Waals surface area (Å²) in [6, 6.07) is 16.5.